The van der Waals surface area contributed by atoms with Crippen LogP contribution >= 0.6 is 22.9 Å². The van der Waals surface area contributed by atoms with Crippen molar-refractivity contribution in [1.29, 1.82) is 0 Å². The maximum atomic E-state index is 12.9. The summed E-state index contributed by atoms with van der Waals surface area (Å²) in [6.07, 6.45) is 2.60. The first-order valence-electron chi connectivity index (χ1n) is 9.33. The van der Waals surface area contributed by atoms with Crippen LogP contribution in [0.15, 0.2) is 54.6 Å². The van der Waals surface area contributed by atoms with Gasteiger partial charge < -0.3 is 5.32 Å². The number of benzene rings is 2. The number of nitrogens with zero attached hydrogens (tertiary/aromatic N) is 2. The molecule has 1 saturated carbocycles. The molecule has 1 unspecified atom stereocenters. The van der Waals surface area contributed by atoms with E-state index in [1.807, 2.05) is 30.3 Å². The number of nitrogens with one attached hydrogen (secondary N) is 2. The van der Waals surface area contributed by atoms with Crippen LogP contribution in [0.25, 0.3) is 0 Å². The van der Waals surface area contributed by atoms with E-state index in [2.05, 4.69) is 20.8 Å². The molecule has 0 bridgehead atoms. The predicted molar refractivity (Wildman–Crippen MR) is 113 cm³/mol. The highest BCUT2D eigenvalue weighted by Crippen LogP contribution is 2.42. The van der Waals surface area contributed by atoms with Crippen LogP contribution in [0.1, 0.15) is 39.7 Å². The first kappa shape index (κ1) is 19.5. The molecule has 0 saturated heterocycles. The van der Waals surface area contributed by atoms with E-state index in [0.717, 1.165) is 23.4 Å². The predicted octanol–water partition coefficient (Wildman–Crippen LogP) is 4.05. The van der Waals surface area contributed by atoms with E-state index in [9.17, 15) is 9.59 Å². The lowest BCUT2D eigenvalue weighted by molar-refractivity contribution is -0.118. The monoisotopic (exact) mass is 426 g/mol. The number of hydrogen-bond donors (Lipinski definition) is 2. The Balaban J connectivity index is 1.49. The number of carbonyl (C=O) groups excluding carboxylic acids is 2. The van der Waals surface area contributed by atoms with Gasteiger partial charge in [0.2, 0.25) is 11.0 Å². The number of aromatic nitrogens is 2. The van der Waals surface area contributed by atoms with Crippen molar-refractivity contribution in [2.75, 3.05) is 5.32 Å². The maximum absolute atomic E-state index is 12.9. The maximum Gasteiger partial charge on any atom is 0.251 e. The molecule has 1 atom stereocenters. The van der Waals surface area contributed by atoms with Crippen LogP contribution in [-0.2, 0) is 11.2 Å². The van der Waals surface area contributed by atoms with Gasteiger partial charge in [0.1, 0.15) is 11.0 Å². The second-order valence-electron chi connectivity index (χ2n) is 6.93. The second-order valence-corrected chi connectivity index (χ2v) is 8.38. The number of halogens is 1. The molecule has 29 heavy (non-hydrogen) atoms. The average molecular weight is 427 g/mol. The lowest BCUT2D eigenvalue weighted by Crippen LogP contribution is -2.45. The van der Waals surface area contributed by atoms with Crippen LogP contribution in [0.4, 0.5) is 5.13 Å². The molecule has 6 nitrogen and oxygen atoms in total. The lowest BCUT2D eigenvalue weighted by Gasteiger charge is -2.18. The highest BCUT2D eigenvalue weighted by atomic mass is 35.5. The van der Waals surface area contributed by atoms with E-state index in [0.29, 0.717) is 28.1 Å². The van der Waals surface area contributed by atoms with Gasteiger partial charge in [-0.05, 0) is 42.7 Å². The molecule has 1 aliphatic carbocycles. The van der Waals surface area contributed by atoms with E-state index in [4.69, 9.17) is 11.6 Å². The molecule has 8 heteroatoms. The van der Waals surface area contributed by atoms with Gasteiger partial charge in [-0.25, -0.2) is 0 Å². The summed E-state index contributed by atoms with van der Waals surface area (Å²) < 4.78 is 0. The minimum absolute atomic E-state index is 0.324. The molecule has 1 aromatic heterocycles. The molecule has 2 aromatic carbocycles. The number of anilines is 1. The van der Waals surface area contributed by atoms with Crippen molar-refractivity contribution in [2.24, 2.45) is 0 Å². The highest BCUT2D eigenvalue weighted by molar-refractivity contribution is 7.15. The topological polar surface area (TPSA) is 84.0 Å². The molecule has 1 fully saturated rings. The molecule has 0 radical (unpaired) electrons. The Morgan fingerprint density at radius 2 is 1.79 bits per heavy atom. The summed E-state index contributed by atoms with van der Waals surface area (Å²) in [5.74, 6) is -0.189. The van der Waals surface area contributed by atoms with Gasteiger partial charge in [-0.3, -0.25) is 14.9 Å². The smallest absolute Gasteiger partial charge is 0.251 e. The Kier molecular flexibility index (Phi) is 5.87. The van der Waals surface area contributed by atoms with E-state index >= 15 is 0 Å². The van der Waals surface area contributed by atoms with Gasteiger partial charge in [-0.2, -0.15) is 0 Å². The third-order valence-electron chi connectivity index (χ3n) is 4.61. The summed E-state index contributed by atoms with van der Waals surface area (Å²) in [5.41, 5.74) is 1.38. The Morgan fingerprint density at radius 1 is 1.07 bits per heavy atom. The van der Waals surface area contributed by atoms with Crippen molar-refractivity contribution in [3.05, 3.63) is 75.8 Å². The van der Waals surface area contributed by atoms with E-state index in [1.54, 1.807) is 24.3 Å². The standard InChI is InChI=1S/C21H19ClN4O2S/c22-16-10-8-14(9-11-16)18(27)23-17(12-13-4-2-1-3-5-13)19(28)24-21-26-25-20(29-21)15-6-7-15/h1-5,8-11,15,17H,6-7,12H2,(H,23,27)(H,24,26,28). The summed E-state index contributed by atoms with van der Waals surface area (Å²) in [7, 11) is 0. The van der Waals surface area contributed by atoms with Crippen LogP contribution in [0.5, 0.6) is 0 Å². The second kappa shape index (κ2) is 8.71. The average Bonchev–Trinajstić information content (AvgIpc) is 3.48. The third kappa shape index (κ3) is 5.19. The summed E-state index contributed by atoms with van der Waals surface area (Å²) in [6, 6.07) is 15.3. The van der Waals surface area contributed by atoms with Gasteiger partial charge in [-0.15, -0.1) is 10.2 Å². The van der Waals surface area contributed by atoms with Crippen LogP contribution < -0.4 is 10.6 Å². The fourth-order valence-corrected chi connectivity index (χ4v) is 3.92. The van der Waals surface area contributed by atoms with Crippen molar-refractivity contribution in [1.82, 2.24) is 15.5 Å². The van der Waals surface area contributed by atoms with Crippen molar-refractivity contribution in [3.63, 3.8) is 0 Å². The summed E-state index contributed by atoms with van der Waals surface area (Å²) in [4.78, 5) is 25.6. The molecule has 4 rings (SSSR count). The van der Waals surface area contributed by atoms with Gasteiger partial charge in [0.15, 0.2) is 0 Å². The first-order valence-corrected chi connectivity index (χ1v) is 10.5. The third-order valence-corrected chi connectivity index (χ3v) is 5.86. The largest absolute Gasteiger partial charge is 0.340 e. The fraction of sp³-hybridized carbons (Fsp3) is 0.238. The Hall–Kier alpha value is -2.77. The molecule has 3 aromatic rings. The Morgan fingerprint density at radius 3 is 2.48 bits per heavy atom. The van der Waals surface area contributed by atoms with Gasteiger partial charge >= 0.3 is 0 Å². The minimum Gasteiger partial charge on any atom is -0.340 e. The first-order chi connectivity index (χ1) is 14.1. The van der Waals surface area contributed by atoms with Crippen LogP contribution in [0.3, 0.4) is 0 Å². The zero-order valence-electron chi connectivity index (χ0n) is 15.5. The SMILES string of the molecule is O=C(NC(Cc1ccccc1)C(=O)Nc1nnc(C2CC2)s1)c1ccc(Cl)cc1. The van der Waals surface area contributed by atoms with Crippen LogP contribution in [0, 0.1) is 0 Å². The molecular weight excluding hydrogens is 408 g/mol. The lowest BCUT2D eigenvalue weighted by atomic mass is 10.0. The molecule has 2 N–H and O–H groups in total. The summed E-state index contributed by atoms with van der Waals surface area (Å²) >= 11 is 7.28. The van der Waals surface area contributed by atoms with Gasteiger partial charge in [0.05, 0.1) is 0 Å². The van der Waals surface area contributed by atoms with E-state index in [1.165, 1.54) is 11.3 Å². The van der Waals surface area contributed by atoms with Crippen molar-refractivity contribution < 1.29 is 9.59 Å². The van der Waals surface area contributed by atoms with Crippen LogP contribution in [-0.4, -0.2) is 28.1 Å². The molecule has 1 aliphatic rings. The highest BCUT2D eigenvalue weighted by Gasteiger charge is 2.28. The van der Waals surface area contributed by atoms with E-state index in [-0.39, 0.29) is 11.8 Å². The normalized spacial score (nSPS) is 14.2. The van der Waals surface area contributed by atoms with E-state index < -0.39 is 6.04 Å². The molecule has 148 valence electrons. The number of rotatable bonds is 7. The Bertz CT molecular complexity index is 1000. The molecule has 2 amide bonds. The Labute approximate surface area is 177 Å². The number of amides is 2. The van der Waals surface area contributed by atoms with Gasteiger partial charge in [-0.1, -0.05) is 53.3 Å². The molecule has 0 aliphatic heterocycles. The minimum atomic E-state index is -0.756. The van der Waals surface area contributed by atoms with Crippen molar-refractivity contribution in [2.45, 2.75) is 31.2 Å². The quantitative estimate of drug-likeness (QED) is 0.597. The molecule has 1 heterocycles. The zero-order chi connectivity index (χ0) is 20.2. The summed E-state index contributed by atoms with van der Waals surface area (Å²) in [5, 5.41) is 15.8. The molecular formula is C21H19ClN4O2S. The number of hydrogen-bond acceptors (Lipinski definition) is 5. The van der Waals surface area contributed by atoms with Crippen molar-refractivity contribution >= 4 is 39.9 Å². The zero-order valence-corrected chi connectivity index (χ0v) is 17.0. The fourth-order valence-electron chi connectivity index (χ4n) is 2.87. The molecule has 0 spiro atoms. The summed E-state index contributed by atoms with van der Waals surface area (Å²) in [6.45, 7) is 0. The number of carbonyl (C=O) groups is 2. The van der Waals surface area contributed by atoms with Gasteiger partial charge in [0, 0.05) is 22.9 Å². The van der Waals surface area contributed by atoms with Crippen molar-refractivity contribution in [3.8, 4) is 0 Å². The van der Waals surface area contributed by atoms with Crippen LogP contribution in [0.2, 0.25) is 5.02 Å². The van der Waals surface area contributed by atoms with Gasteiger partial charge in [0.25, 0.3) is 5.91 Å².